The van der Waals surface area contributed by atoms with E-state index in [9.17, 15) is 0 Å². The topological polar surface area (TPSA) is 12.9 Å². The summed E-state index contributed by atoms with van der Waals surface area (Å²) in [5, 5.41) is 6.34. The first-order valence-electron chi connectivity index (χ1n) is 10.6. The minimum absolute atomic E-state index is 1.07. The standard InChI is InChI=1S/C29H17NS2/c1-5-13-23-18(8-1)16-25(31-23)27-20-10-3-4-11-21(20)28(29-22(27)12-7-15-30-29)26-17-19-9-2-6-14-24(19)32-26/h1-17H. The Morgan fingerprint density at radius 1 is 0.500 bits per heavy atom. The summed E-state index contributed by atoms with van der Waals surface area (Å²) in [7, 11) is 0. The minimum Gasteiger partial charge on any atom is -0.256 e. The van der Waals surface area contributed by atoms with Gasteiger partial charge in [-0.2, -0.15) is 0 Å². The smallest absolute Gasteiger partial charge is 0.0801 e. The van der Waals surface area contributed by atoms with Gasteiger partial charge >= 0.3 is 0 Å². The van der Waals surface area contributed by atoms with E-state index in [4.69, 9.17) is 4.98 Å². The molecule has 0 saturated carbocycles. The number of hydrogen-bond acceptors (Lipinski definition) is 3. The molecule has 4 aromatic carbocycles. The molecular formula is C29H17NS2. The molecule has 0 atom stereocenters. The molecule has 3 heterocycles. The predicted octanol–water partition coefficient (Wildman–Crippen LogP) is 9.15. The van der Waals surface area contributed by atoms with E-state index < -0.39 is 0 Å². The molecule has 0 aliphatic heterocycles. The molecule has 7 aromatic rings. The maximum absolute atomic E-state index is 4.93. The Bertz CT molecular complexity index is 1530. The summed E-state index contributed by atoms with van der Waals surface area (Å²) < 4.78 is 2.63. The average Bonchev–Trinajstić information content (AvgIpc) is 3.46. The normalized spacial score (nSPS) is 11.8. The fourth-order valence-electron chi connectivity index (χ4n) is 4.72. The minimum atomic E-state index is 1.07. The summed E-state index contributed by atoms with van der Waals surface area (Å²) >= 11 is 3.71. The van der Waals surface area contributed by atoms with Gasteiger partial charge in [-0.15, -0.1) is 22.7 Å². The Hall–Kier alpha value is -3.53. The van der Waals surface area contributed by atoms with Crippen LogP contribution in [0.3, 0.4) is 0 Å². The Balaban J connectivity index is 1.64. The van der Waals surface area contributed by atoms with E-state index in [0.717, 1.165) is 5.52 Å². The highest BCUT2D eigenvalue weighted by Crippen LogP contribution is 2.47. The highest BCUT2D eigenvalue weighted by atomic mass is 32.1. The number of fused-ring (bicyclic) bond motifs is 4. The van der Waals surface area contributed by atoms with Crippen LogP contribution < -0.4 is 0 Å². The molecule has 7 rings (SSSR count). The van der Waals surface area contributed by atoms with E-state index in [0.29, 0.717) is 0 Å². The maximum Gasteiger partial charge on any atom is 0.0801 e. The van der Waals surface area contributed by atoms with Gasteiger partial charge < -0.3 is 0 Å². The summed E-state index contributed by atoms with van der Waals surface area (Å²) in [6, 6.07) is 35.0. The summed E-state index contributed by atoms with van der Waals surface area (Å²) in [5.74, 6) is 0. The van der Waals surface area contributed by atoms with Crippen molar-refractivity contribution in [1.82, 2.24) is 4.98 Å². The number of rotatable bonds is 2. The zero-order valence-corrected chi connectivity index (χ0v) is 18.7. The summed E-state index contributed by atoms with van der Waals surface area (Å²) in [6.07, 6.45) is 1.92. The van der Waals surface area contributed by atoms with Gasteiger partial charge in [-0.1, -0.05) is 66.7 Å². The first kappa shape index (κ1) is 18.1. The Kier molecular flexibility index (Phi) is 3.95. The van der Waals surface area contributed by atoms with Crippen LogP contribution in [0.4, 0.5) is 0 Å². The third-order valence-electron chi connectivity index (χ3n) is 6.12. The molecular weight excluding hydrogens is 426 g/mol. The summed E-state index contributed by atoms with van der Waals surface area (Å²) in [6.45, 7) is 0. The van der Waals surface area contributed by atoms with Crippen LogP contribution in [0.25, 0.3) is 62.7 Å². The lowest BCUT2D eigenvalue weighted by atomic mass is 9.92. The van der Waals surface area contributed by atoms with Gasteiger partial charge in [0, 0.05) is 41.9 Å². The second kappa shape index (κ2) is 6.99. The van der Waals surface area contributed by atoms with E-state index in [1.807, 2.05) is 28.9 Å². The molecule has 0 spiro atoms. The number of thiophene rings is 2. The molecule has 0 aliphatic carbocycles. The van der Waals surface area contributed by atoms with Crippen molar-refractivity contribution in [2.24, 2.45) is 0 Å². The second-order valence-corrected chi connectivity index (χ2v) is 10.2. The number of nitrogens with zero attached hydrogens (tertiary/aromatic N) is 1. The lowest BCUT2D eigenvalue weighted by Crippen LogP contribution is -1.90. The van der Waals surface area contributed by atoms with Crippen LogP contribution in [-0.4, -0.2) is 4.98 Å². The highest BCUT2D eigenvalue weighted by molar-refractivity contribution is 7.23. The van der Waals surface area contributed by atoms with E-state index >= 15 is 0 Å². The van der Waals surface area contributed by atoms with Gasteiger partial charge in [0.25, 0.3) is 0 Å². The highest BCUT2D eigenvalue weighted by Gasteiger charge is 2.19. The lowest BCUT2D eigenvalue weighted by Gasteiger charge is -2.14. The van der Waals surface area contributed by atoms with Gasteiger partial charge in [0.2, 0.25) is 0 Å². The van der Waals surface area contributed by atoms with E-state index in [1.165, 1.54) is 57.2 Å². The molecule has 0 saturated heterocycles. The van der Waals surface area contributed by atoms with Crippen LogP contribution in [0.1, 0.15) is 0 Å². The molecule has 0 amide bonds. The van der Waals surface area contributed by atoms with E-state index in [-0.39, 0.29) is 0 Å². The lowest BCUT2D eigenvalue weighted by molar-refractivity contribution is 1.42. The van der Waals surface area contributed by atoms with Gasteiger partial charge in [0.05, 0.1) is 5.52 Å². The fourth-order valence-corrected chi connectivity index (χ4v) is 6.98. The number of benzene rings is 4. The summed E-state index contributed by atoms with van der Waals surface area (Å²) in [4.78, 5) is 7.50. The zero-order valence-electron chi connectivity index (χ0n) is 17.1. The molecule has 0 aliphatic rings. The molecule has 0 unspecified atom stereocenters. The molecule has 0 fully saturated rings. The SMILES string of the molecule is c1ccc2sc(-c3c4ccccc4c(-c4cc5ccccc5s4)c4ncccc34)cc2c1. The van der Waals surface area contributed by atoms with Gasteiger partial charge in [-0.25, -0.2) is 0 Å². The van der Waals surface area contributed by atoms with Crippen molar-refractivity contribution in [3.8, 4) is 20.9 Å². The molecule has 3 heteroatoms. The molecule has 0 bridgehead atoms. The van der Waals surface area contributed by atoms with Crippen molar-refractivity contribution in [1.29, 1.82) is 0 Å². The van der Waals surface area contributed by atoms with Crippen molar-refractivity contribution in [3.63, 3.8) is 0 Å². The Morgan fingerprint density at radius 3 is 1.69 bits per heavy atom. The molecule has 0 radical (unpaired) electrons. The quantitative estimate of drug-likeness (QED) is 0.243. The first-order valence-corrected chi connectivity index (χ1v) is 12.3. The largest absolute Gasteiger partial charge is 0.256 e. The van der Waals surface area contributed by atoms with Gasteiger partial charge in [-0.3, -0.25) is 4.98 Å². The van der Waals surface area contributed by atoms with Crippen molar-refractivity contribution < 1.29 is 0 Å². The van der Waals surface area contributed by atoms with Crippen LogP contribution in [0, 0.1) is 0 Å². The average molecular weight is 444 g/mol. The Labute approximate surface area is 193 Å². The molecule has 3 aromatic heterocycles. The molecule has 1 nitrogen and oxygen atoms in total. The van der Waals surface area contributed by atoms with Crippen LogP contribution in [0.15, 0.2) is 103 Å². The second-order valence-electron chi connectivity index (χ2n) is 7.99. The van der Waals surface area contributed by atoms with E-state index in [2.05, 4.69) is 97.1 Å². The van der Waals surface area contributed by atoms with Crippen molar-refractivity contribution in [2.45, 2.75) is 0 Å². The predicted molar refractivity (Wildman–Crippen MR) is 141 cm³/mol. The number of hydrogen-bond donors (Lipinski definition) is 0. The molecule has 32 heavy (non-hydrogen) atoms. The molecule has 150 valence electrons. The van der Waals surface area contributed by atoms with Gasteiger partial charge in [0.1, 0.15) is 0 Å². The Morgan fingerprint density at radius 2 is 1.03 bits per heavy atom. The third kappa shape index (κ3) is 2.65. The van der Waals surface area contributed by atoms with E-state index in [1.54, 1.807) is 0 Å². The van der Waals surface area contributed by atoms with Crippen LogP contribution in [0.2, 0.25) is 0 Å². The van der Waals surface area contributed by atoms with Gasteiger partial charge in [0.15, 0.2) is 0 Å². The van der Waals surface area contributed by atoms with Crippen molar-refractivity contribution in [3.05, 3.63) is 103 Å². The monoisotopic (exact) mass is 443 g/mol. The van der Waals surface area contributed by atoms with Crippen molar-refractivity contribution in [2.75, 3.05) is 0 Å². The first-order chi connectivity index (χ1) is 15.9. The number of pyridine rings is 1. The van der Waals surface area contributed by atoms with Crippen LogP contribution >= 0.6 is 22.7 Å². The van der Waals surface area contributed by atoms with Crippen LogP contribution in [-0.2, 0) is 0 Å². The van der Waals surface area contributed by atoms with Gasteiger partial charge in [-0.05, 0) is 51.9 Å². The summed E-state index contributed by atoms with van der Waals surface area (Å²) in [5.41, 5.74) is 3.60. The van der Waals surface area contributed by atoms with Crippen molar-refractivity contribution >= 4 is 64.5 Å². The third-order valence-corrected chi connectivity index (χ3v) is 8.39. The van der Waals surface area contributed by atoms with Crippen LogP contribution in [0.5, 0.6) is 0 Å². The zero-order chi connectivity index (χ0) is 21.1. The fraction of sp³-hybridized carbons (Fsp3) is 0. The maximum atomic E-state index is 4.93. The number of aromatic nitrogens is 1. The molecule has 0 N–H and O–H groups in total.